The van der Waals surface area contributed by atoms with Crippen molar-refractivity contribution in [2.75, 3.05) is 13.2 Å². The minimum absolute atomic E-state index is 0. The second-order valence-electron chi connectivity index (χ2n) is 7.29. The van der Waals surface area contributed by atoms with E-state index in [4.69, 9.17) is 18.9 Å². The van der Waals surface area contributed by atoms with Crippen molar-refractivity contribution >= 4 is 0 Å². The lowest BCUT2D eigenvalue weighted by Crippen LogP contribution is -2.47. The van der Waals surface area contributed by atoms with Crippen LogP contribution in [0.3, 0.4) is 0 Å². The quantitative estimate of drug-likeness (QED) is 0.815. The molecular formula is C17H28N2O6. The number of ether oxygens (including phenoxy) is 4. The van der Waals surface area contributed by atoms with Crippen LogP contribution in [0.4, 0.5) is 0 Å². The molecule has 0 saturated carbocycles. The number of aromatic nitrogens is 2. The van der Waals surface area contributed by atoms with Gasteiger partial charge in [0.05, 0.1) is 25.4 Å². The highest BCUT2D eigenvalue weighted by Gasteiger charge is 2.63. The molecule has 2 fully saturated rings. The standard InChI is InChI=1S/C17H26N2O6.H2/c1-9(2)22-7-17-8-23-12(13(17)24-10(3)4)15(25-17)19-6-11(5)14(20)18-16(19)21;/h6,9-10,12-13,15H,7-8H2,1-5H3,(H,18,20,21);1H/t12-,13+,15-,17+;/m1./s1/i;1+2. The number of nitrogens with one attached hydrogen (secondary N) is 1. The number of aromatic amines is 1. The van der Waals surface area contributed by atoms with Crippen molar-refractivity contribution in [1.29, 1.82) is 0 Å². The van der Waals surface area contributed by atoms with E-state index in [0.29, 0.717) is 18.8 Å². The second-order valence-corrected chi connectivity index (χ2v) is 7.29. The number of H-pyrrole nitrogens is 1. The SMILES string of the molecule is Cc1cn([C@@H]2O[C@@]3(COC(C)C)CO[C@@H]2[C@@H]3OC(C)C)c(=O)[nH]c1=O.[3HH]. The maximum Gasteiger partial charge on any atom is 0.330 e. The summed E-state index contributed by atoms with van der Waals surface area (Å²) in [5, 5.41) is 0. The lowest BCUT2D eigenvalue weighted by molar-refractivity contribution is -0.200. The van der Waals surface area contributed by atoms with Crippen LogP contribution in [0, 0.1) is 6.92 Å². The molecule has 2 saturated heterocycles. The molecule has 2 bridgehead atoms. The third-order valence-corrected chi connectivity index (χ3v) is 4.47. The molecule has 8 nitrogen and oxygen atoms in total. The first-order valence-electron chi connectivity index (χ1n) is 8.62. The lowest BCUT2D eigenvalue weighted by Gasteiger charge is -2.32. The van der Waals surface area contributed by atoms with Gasteiger partial charge < -0.3 is 18.9 Å². The number of rotatable bonds is 6. The van der Waals surface area contributed by atoms with Gasteiger partial charge in [0.15, 0.2) is 6.23 Å². The first-order valence-corrected chi connectivity index (χ1v) is 8.62. The maximum absolute atomic E-state index is 12.3. The zero-order valence-corrected chi connectivity index (χ0v) is 15.3. The van der Waals surface area contributed by atoms with Gasteiger partial charge in [-0.1, -0.05) is 0 Å². The fourth-order valence-electron chi connectivity index (χ4n) is 3.30. The van der Waals surface area contributed by atoms with E-state index in [1.807, 2.05) is 27.7 Å². The van der Waals surface area contributed by atoms with E-state index in [2.05, 4.69) is 4.98 Å². The van der Waals surface area contributed by atoms with Gasteiger partial charge in [-0.15, -0.1) is 0 Å². The summed E-state index contributed by atoms with van der Waals surface area (Å²) < 4.78 is 25.4. The zero-order valence-electron chi connectivity index (χ0n) is 15.3. The van der Waals surface area contributed by atoms with Gasteiger partial charge in [-0.2, -0.15) is 0 Å². The molecule has 0 aliphatic carbocycles. The summed E-state index contributed by atoms with van der Waals surface area (Å²) in [6.07, 6.45) is 0.0463. The van der Waals surface area contributed by atoms with Crippen molar-refractivity contribution in [2.24, 2.45) is 0 Å². The normalized spacial score (nSPS) is 31.4. The average Bonchev–Trinajstić information content (AvgIpc) is 3.00. The Labute approximate surface area is 147 Å². The summed E-state index contributed by atoms with van der Waals surface area (Å²) >= 11 is 0. The number of hydrogen-bond acceptors (Lipinski definition) is 6. The van der Waals surface area contributed by atoms with Crippen molar-refractivity contribution < 1.29 is 20.4 Å². The van der Waals surface area contributed by atoms with Gasteiger partial charge in [-0.3, -0.25) is 14.3 Å². The van der Waals surface area contributed by atoms with E-state index < -0.39 is 29.2 Å². The van der Waals surface area contributed by atoms with E-state index in [9.17, 15) is 9.59 Å². The third kappa shape index (κ3) is 3.31. The van der Waals surface area contributed by atoms with Crippen LogP contribution >= 0.6 is 0 Å². The van der Waals surface area contributed by atoms with Crippen LogP contribution in [0.2, 0.25) is 0 Å². The molecule has 4 atom stereocenters. The summed E-state index contributed by atoms with van der Waals surface area (Å²) in [4.78, 5) is 26.2. The van der Waals surface area contributed by atoms with Crippen LogP contribution in [0.5, 0.6) is 0 Å². The summed E-state index contributed by atoms with van der Waals surface area (Å²) in [5.74, 6) is 0. The molecule has 8 heteroatoms. The first kappa shape index (κ1) is 18.3. The molecule has 3 heterocycles. The van der Waals surface area contributed by atoms with Gasteiger partial charge in [0.1, 0.15) is 17.8 Å². The second kappa shape index (κ2) is 6.68. The Morgan fingerprint density at radius 2 is 2.08 bits per heavy atom. The Kier molecular flexibility index (Phi) is 4.89. The molecule has 2 aliphatic heterocycles. The van der Waals surface area contributed by atoms with E-state index >= 15 is 0 Å². The minimum atomic E-state index is -0.770. The van der Waals surface area contributed by atoms with Gasteiger partial charge in [-0.05, 0) is 34.6 Å². The van der Waals surface area contributed by atoms with Gasteiger partial charge in [-0.25, -0.2) is 4.79 Å². The molecule has 25 heavy (non-hydrogen) atoms. The van der Waals surface area contributed by atoms with Crippen molar-refractivity contribution in [1.82, 2.24) is 9.55 Å². The number of hydrogen-bond donors (Lipinski definition) is 1. The Morgan fingerprint density at radius 1 is 1.36 bits per heavy atom. The Bertz CT molecular complexity index is 746. The predicted molar refractivity (Wildman–Crippen MR) is 91.9 cm³/mol. The van der Waals surface area contributed by atoms with Gasteiger partial charge in [0, 0.05) is 13.2 Å². The van der Waals surface area contributed by atoms with Crippen LogP contribution < -0.4 is 11.2 Å². The summed E-state index contributed by atoms with van der Waals surface area (Å²) in [6.45, 7) is 10.1. The molecule has 2 aliphatic rings. The minimum Gasteiger partial charge on any atom is -0.376 e. The molecule has 1 aromatic rings. The first-order chi connectivity index (χ1) is 11.7. The maximum atomic E-state index is 12.3. The molecule has 0 amide bonds. The number of fused-ring (bicyclic) bond motifs is 2. The molecule has 1 aromatic heterocycles. The zero-order chi connectivity index (χ0) is 18.4. The molecule has 142 valence electrons. The van der Waals surface area contributed by atoms with Crippen molar-refractivity contribution in [3.63, 3.8) is 0 Å². The van der Waals surface area contributed by atoms with Crippen LogP contribution in [0.1, 0.15) is 40.9 Å². The van der Waals surface area contributed by atoms with Crippen molar-refractivity contribution in [3.05, 3.63) is 32.6 Å². The Balaban J connectivity index is 0.00000243. The van der Waals surface area contributed by atoms with Crippen LogP contribution in [0.25, 0.3) is 0 Å². The molecule has 0 radical (unpaired) electrons. The van der Waals surface area contributed by atoms with Crippen LogP contribution in [0.15, 0.2) is 15.8 Å². The van der Waals surface area contributed by atoms with E-state index in [-0.39, 0.29) is 19.7 Å². The van der Waals surface area contributed by atoms with Gasteiger partial charge >= 0.3 is 5.69 Å². The molecule has 0 unspecified atom stereocenters. The van der Waals surface area contributed by atoms with Gasteiger partial charge in [0.25, 0.3) is 5.56 Å². The highest BCUT2D eigenvalue weighted by molar-refractivity contribution is 5.10. The topological polar surface area (TPSA) is 91.8 Å². The largest absolute Gasteiger partial charge is 0.376 e. The predicted octanol–water partition coefficient (Wildman–Crippen LogP) is 0.976. The number of aryl methyl sites for hydroxylation is 1. The third-order valence-electron chi connectivity index (χ3n) is 4.47. The molecule has 1 N–H and O–H groups in total. The van der Waals surface area contributed by atoms with E-state index in [0.717, 1.165) is 0 Å². The van der Waals surface area contributed by atoms with Crippen molar-refractivity contribution in [3.8, 4) is 0 Å². The van der Waals surface area contributed by atoms with Crippen LogP contribution in [-0.2, 0) is 18.9 Å². The molecule has 0 spiro atoms. The fraction of sp³-hybridized carbons (Fsp3) is 0.765. The molecular weight excluding hydrogens is 328 g/mol. The summed E-state index contributed by atoms with van der Waals surface area (Å²) in [6, 6.07) is 0. The highest BCUT2D eigenvalue weighted by atomic mass is 16.7. The molecule has 0 aromatic carbocycles. The average molecular weight is 358 g/mol. The van der Waals surface area contributed by atoms with E-state index in [1.54, 1.807) is 6.92 Å². The monoisotopic (exact) mass is 358 g/mol. The van der Waals surface area contributed by atoms with E-state index in [1.165, 1.54) is 10.8 Å². The number of nitrogens with zero attached hydrogens (tertiary/aromatic N) is 1. The Morgan fingerprint density at radius 3 is 2.72 bits per heavy atom. The smallest absolute Gasteiger partial charge is 0.330 e. The van der Waals surface area contributed by atoms with Gasteiger partial charge in [0.2, 0.25) is 0 Å². The fourth-order valence-corrected chi connectivity index (χ4v) is 3.30. The Hall–Kier alpha value is -1.48. The summed E-state index contributed by atoms with van der Waals surface area (Å²) in [5.41, 5.74) is -1.27. The summed E-state index contributed by atoms with van der Waals surface area (Å²) in [7, 11) is 0. The molecule has 3 rings (SSSR count). The van der Waals surface area contributed by atoms with Crippen molar-refractivity contribution in [2.45, 2.75) is 70.9 Å². The lowest BCUT2D eigenvalue weighted by atomic mass is 9.99. The highest BCUT2D eigenvalue weighted by Crippen LogP contribution is 2.46. The van der Waals surface area contributed by atoms with Crippen LogP contribution in [-0.4, -0.2) is 52.8 Å².